The van der Waals surface area contributed by atoms with E-state index >= 15 is 0 Å². The number of anilines is 2. The molecule has 1 aliphatic heterocycles. The summed E-state index contributed by atoms with van der Waals surface area (Å²) in [4.78, 5) is 27.5. The third-order valence-electron chi connectivity index (χ3n) is 5.69. The van der Waals surface area contributed by atoms with E-state index in [1.807, 2.05) is 63.2 Å². The summed E-state index contributed by atoms with van der Waals surface area (Å²) in [6.45, 7) is 5.83. The van der Waals surface area contributed by atoms with Crippen molar-refractivity contribution in [1.82, 2.24) is 0 Å². The topological polar surface area (TPSA) is 67.9 Å². The standard InChI is InChI=1S/C28H26N2O4S2/c1-17-6-5-7-21(12-17)29-26(31)16-34-23-11-9-20(14-24(23)33-4)15-25-27(32)30(28(35)36-25)22-10-8-18(2)19(3)13-22/h5-15H,16H2,1-4H3,(H,29,31)/b25-15+. The Morgan fingerprint density at radius 2 is 1.83 bits per heavy atom. The highest BCUT2D eigenvalue weighted by molar-refractivity contribution is 8.27. The fourth-order valence-corrected chi connectivity index (χ4v) is 4.96. The second-order valence-corrected chi connectivity index (χ2v) is 10.1. The van der Waals surface area contributed by atoms with Crippen LogP contribution in [0.5, 0.6) is 11.5 Å². The number of rotatable bonds is 7. The summed E-state index contributed by atoms with van der Waals surface area (Å²) in [5.41, 5.74) is 5.53. The number of methoxy groups -OCH3 is 1. The number of ether oxygens (including phenoxy) is 2. The van der Waals surface area contributed by atoms with E-state index in [0.29, 0.717) is 26.4 Å². The third kappa shape index (κ3) is 5.78. The zero-order chi connectivity index (χ0) is 25.8. The molecule has 1 saturated heterocycles. The molecule has 2 amide bonds. The molecule has 184 valence electrons. The molecule has 1 N–H and O–H groups in total. The molecule has 0 unspecified atom stereocenters. The summed E-state index contributed by atoms with van der Waals surface area (Å²) in [5, 5.41) is 2.81. The normalized spacial score (nSPS) is 14.3. The highest BCUT2D eigenvalue weighted by Crippen LogP contribution is 2.37. The number of hydrogen-bond donors (Lipinski definition) is 1. The lowest BCUT2D eigenvalue weighted by atomic mass is 10.1. The number of carbonyl (C=O) groups excluding carboxylic acids is 2. The first-order valence-electron chi connectivity index (χ1n) is 11.3. The maximum absolute atomic E-state index is 13.1. The summed E-state index contributed by atoms with van der Waals surface area (Å²) in [6, 6.07) is 18.7. The van der Waals surface area contributed by atoms with Gasteiger partial charge in [-0.05, 0) is 85.5 Å². The first-order valence-corrected chi connectivity index (χ1v) is 12.5. The summed E-state index contributed by atoms with van der Waals surface area (Å²) >= 11 is 6.75. The van der Waals surface area contributed by atoms with E-state index < -0.39 is 0 Å². The molecular weight excluding hydrogens is 492 g/mol. The maximum atomic E-state index is 13.1. The van der Waals surface area contributed by atoms with Crippen LogP contribution < -0.4 is 19.7 Å². The molecule has 8 heteroatoms. The largest absolute Gasteiger partial charge is 0.493 e. The monoisotopic (exact) mass is 518 g/mol. The number of thioether (sulfide) groups is 1. The van der Waals surface area contributed by atoms with Gasteiger partial charge in [0.25, 0.3) is 11.8 Å². The van der Waals surface area contributed by atoms with Crippen LogP contribution in [0.25, 0.3) is 6.08 Å². The molecule has 1 fully saturated rings. The predicted octanol–water partition coefficient (Wildman–Crippen LogP) is 6.04. The molecule has 36 heavy (non-hydrogen) atoms. The molecule has 1 heterocycles. The van der Waals surface area contributed by atoms with E-state index in [1.165, 1.54) is 18.9 Å². The summed E-state index contributed by atoms with van der Waals surface area (Å²) in [5.74, 6) is 0.440. The van der Waals surface area contributed by atoms with E-state index in [9.17, 15) is 9.59 Å². The molecule has 4 rings (SSSR count). The minimum absolute atomic E-state index is 0.166. The van der Waals surface area contributed by atoms with Crippen molar-refractivity contribution < 1.29 is 19.1 Å². The lowest BCUT2D eigenvalue weighted by molar-refractivity contribution is -0.118. The van der Waals surface area contributed by atoms with Gasteiger partial charge in [0.1, 0.15) is 0 Å². The lowest BCUT2D eigenvalue weighted by Crippen LogP contribution is -2.27. The van der Waals surface area contributed by atoms with Gasteiger partial charge in [-0.3, -0.25) is 14.5 Å². The van der Waals surface area contributed by atoms with Crippen molar-refractivity contribution in [2.45, 2.75) is 20.8 Å². The Morgan fingerprint density at radius 3 is 2.56 bits per heavy atom. The maximum Gasteiger partial charge on any atom is 0.270 e. The van der Waals surface area contributed by atoms with Crippen LogP contribution in [-0.2, 0) is 9.59 Å². The van der Waals surface area contributed by atoms with E-state index in [1.54, 1.807) is 29.2 Å². The summed E-state index contributed by atoms with van der Waals surface area (Å²) < 4.78 is 11.6. The van der Waals surface area contributed by atoms with Crippen LogP contribution >= 0.6 is 24.0 Å². The first-order chi connectivity index (χ1) is 17.2. The number of hydrogen-bond acceptors (Lipinski definition) is 6. The number of nitrogens with zero attached hydrogens (tertiary/aromatic N) is 1. The Morgan fingerprint density at radius 1 is 1.03 bits per heavy atom. The number of nitrogens with one attached hydrogen (secondary N) is 1. The molecular formula is C28H26N2O4S2. The average molecular weight is 519 g/mol. The van der Waals surface area contributed by atoms with Gasteiger partial charge in [-0.2, -0.15) is 0 Å². The van der Waals surface area contributed by atoms with Crippen molar-refractivity contribution in [3.8, 4) is 11.5 Å². The summed E-state index contributed by atoms with van der Waals surface area (Å²) in [7, 11) is 1.53. The van der Waals surface area contributed by atoms with Crippen molar-refractivity contribution >= 4 is 57.6 Å². The number of benzene rings is 3. The van der Waals surface area contributed by atoms with E-state index in [4.69, 9.17) is 21.7 Å². The highest BCUT2D eigenvalue weighted by atomic mass is 32.2. The van der Waals surface area contributed by atoms with E-state index in [0.717, 1.165) is 27.9 Å². The molecule has 1 aliphatic rings. The van der Waals surface area contributed by atoms with Crippen LogP contribution in [-0.4, -0.2) is 29.9 Å². The molecule has 0 radical (unpaired) electrons. The first kappa shape index (κ1) is 25.5. The van der Waals surface area contributed by atoms with Gasteiger partial charge < -0.3 is 14.8 Å². The molecule has 0 atom stereocenters. The van der Waals surface area contributed by atoms with Gasteiger partial charge in [-0.1, -0.05) is 48.2 Å². The Hall–Kier alpha value is -3.62. The Labute approximate surface area is 220 Å². The minimum atomic E-state index is -0.276. The number of amides is 2. The van der Waals surface area contributed by atoms with Crippen LogP contribution in [0.2, 0.25) is 0 Å². The number of thiocarbonyl (C=S) groups is 1. The fraction of sp³-hybridized carbons (Fsp3) is 0.179. The van der Waals surface area contributed by atoms with Gasteiger partial charge in [0.05, 0.1) is 17.7 Å². The SMILES string of the molecule is COc1cc(/C=C2/SC(=S)N(c3ccc(C)c(C)c3)C2=O)ccc1OCC(=O)Nc1cccc(C)c1. The van der Waals surface area contributed by atoms with Crippen LogP contribution in [0.4, 0.5) is 11.4 Å². The lowest BCUT2D eigenvalue weighted by Gasteiger charge is -2.16. The molecule has 3 aromatic rings. The Balaban J connectivity index is 1.46. The fourth-order valence-electron chi connectivity index (χ4n) is 3.66. The van der Waals surface area contributed by atoms with E-state index in [2.05, 4.69) is 5.32 Å². The van der Waals surface area contributed by atoms with Crippen molar-refractivity contribution in [1.29, 1.82) is 0 Å². The van der Waals surface area contributed by atoms with Gasteiger partial charge in [0.15, 0.2) is 22.4 Å². The van der Waals surface area contributed by atoms with Crippen LogP contribution in [0.1, 0.15) is 22.3 Å². The zero-order valence-electron chi connectivity index (χ0n) is 20.5. The summed E-state index contributed by atoms with van der Waals surface area (Å²) in [6.07, 6.45) is 1.77. The molecule has 0 aliphatic carbocycles. The van der Waals surface area contributed by atoms with Crippen molar-refractivity contribution in [3.05, 3.63) is 87.8 Å². The van der Waals surface area contributed by atoms with E-state index in [-0.39, 0.29) is 18.4 Å². The molecule has 3 aromatic carbocycles. The number of carbonyl (C=O) groups is 2. The molecule has 0 bridgehead atoms. The highest BCUT2D eigenvalue weighted by Gasteiger charge is 2.33. The average Bonchev–Trinajstić information content (AvgIpc) is 3.12. The quantitative estimate of drug-likeness (QED) is 0.304. The zero-order valence-corrected chi connectivity index (χ0v) is 22.1. The minimum Gasteiger partial charge on any atom is -0.493 e. The molecule has 0 saturated carbocycles. The van der Waals surface area contributed by atoms with Gasteiger partial charge in [0, 0.05) is 5.69 Å². The van der Waals surface area contributed by atoms with Crippen LogP contribution in [0, 0.1) is 20.8 Å². The Kier molecular flexibility index (Phi) is 7.76. The smallest absolute Gasteiger partial charge is 0.270 e. The second kappa shape index (κ2) is 11.0. The second-order valence-electron chi connectivity index (χ2n) is 8.40. The third-order valence-corrected chi connectivity index (χ3v) is 6.99. The van der Waals surface area contributed by atoms with Gasteiger partial charge in [0.2, 0.25) is 0 Å². The van der Waals surface area contributed by atoms with Crippen LogP contribution in [0.15, 0.2) is 65.6 Å². The van der Waals surface area contributed by atoms with Crippen LogP contribution in [0.3, 0.4) is 0 Å². The molecule has 0 aromatic heterocycles. The predicted molar refractivity (Wildman–Crippen MR) is 150 cm³/mol. The Bertz CT molecular complexity index is 1380. The van der Waals surface area contributed by atoms with Gasteiger partial charge in [-0.25, -0.2) is 0 Å². The molecule has 6 nitrogen and oxygen atoms in total. The van der Waals surface area contributed by atoms with Crippen molar-refractivity contribution in [2.75, 3.05) is 23.9 Å². The molecule has 0 spiro atoms. The van der Waals surface area contributed by atoms with Crippen molar-refractivity contribution in [3.63, 3.8) is 0 Å². The van der Waals surface area contributed by atoms with Crippen molar-refractivity contribution in [2.24, 2.45) is 0 Å². The van der Waals surface area contributed by atoms with Gasteiger partial charge in [-0.15, -0.1) is 0 Å². The van der Waals surface area contributed by atoms with Gasteiger partial charge >= 0.3 is 0 Å². The number of aryl methyl sites for hydroxylation is 3.